The van der Waals surface area contributed by atoms with Crippen LogP contribution in [0.25, 0.3) is 0 Å². The highest BCUT2D eigenvalue weighted by atomic mass is 32.1. The lowest BCUT2D eigenvalue weighted by Gasteiger charge is -2.14. The standard InChI is InChI=1S/C11H19N3OS/c1-3-4-7-14(2)11(15)9-8-16-10(13-9)5-6-12/h8H,3-7,12H2,1-2H3. The van der Waals surface area contributed by atoms with Gasteiger partial charge in [0.1, 0.15) is 5.69 Å². The molecule has 4 nitrogen and oxygen atoms in total. The predicted octanol–water partition coefficient (Wildman–Crippen LogP) is 1.52. The molecule has 0 atom stereocenters. The largest absolute Gasteiger partial charge is 0.340 e. The minimum absolute atomic E-state index is 0.00738. The summed E-state index contributed by atoms with van der Waals surface area (Å²) in [6, 6.07) is 0. The van der Waals surface area contributed by atoms with Gasteiger partial charge in [0.05, 0.1) is 5.01 Å². The maximum Gasteiger partial charge on any atom is 0.273 e. The van der Waals surface area contributed by atoms with Crippen LogP contribution in [0.2, 0.25) is 0 Å². The van der Waals surface area contributed by atoms with E-state index in [2.05, 4.69) is 11.9 Å². The van der Waals surface area contributed by atoms with Crippen molar-refractivity contribution in [1.82, 2.24) is 9.88 Å². The van der Waals surface area contributed by atoms with Gasteiger partial charge < -0.3 is 10.6 Å². The Hall–Kier alpha value is -0.940. The Kier molecular flexibility index (Phi) is 5.42. The molecule has 0 unspecified atom stereocenters. The molecule has 0 spiro atoms. The molecule has 2 N–H and O–H groups in total. The van der Waals surface area contributed by atoms with E-state index in [0.29, 0.717) is 12.2 Å². The summed E-state index contributed by atoms with van der Waals surface area (Å²) in [5.74, 6) is 0.00738. The lowest BCUT2D eigenvalue weighted by atomic mass is 10.3. The smallest absolute Gasteiger partial charge is 0.273 e. The SMILES string of the molecule is CCCCN(C)C(=O)c1csc(CCN)n1. The number of carbonyl (C=O) groups excluding carboxylic acids is 1. The number of aromatic nitrogens is 1. The fraction of sp³-hybridized carbons (Fsp3) is 0.636. The van der Waals surface area contributed by atoms with Crippen molar-refractivity contribution in [1.29, 1.82) is 0 Å². The van der Waals surface area contributed by atoms with Gasteiger partial charge >= 0.3 is 0 Å². The molecule has 0 bridgehead atoms. The van der Waals surface area contributed by atoms with Gasteiger partial charge in [-0.1, -0.05) is 13.3 Å². The molecule has 1 rings (SSSR count). The summed E-state index contributed by atoms with van der Waals surface area (Å²) in [7, 11) is 1.82. The lowest BCUT2D eigenvalue weighted by Crippen LogP contribution is -2.27. The fourth-order valence-corrected chi connectivity index (χ4v) is 2.13. The fourth-order valence-electron chi connectivity index (χ4n) is 1.34. The third-order valence-corrected chi connectivity index (χ3v) is 3.23. The van der Waals surface area contributed by atoms with Crippen molar-refractivity contribution in [2.24, 2.45) is 5.73 Å². The van der Waals surface area contributed by atoms with Crippen LogP contribution >= 0.6 is 11.3 Å². The summed E-state index contributed by atoms with van der Waals surface area (Å²) in [6.45, 7) is 3.48. The number of nitrogens with two attached hydrogens (primary N) is 1. The Morgan fingerprint density at radius 3 is 3.00 bits per heavy atom. The zero-order valence-electron chi connectivity index (χ0n) is 9.90. The quantitative estimate of drug-likeness (QED) is 0.821. The molecule has 1 amide bonds. The highest BCUT2D eigenvalue weighted by molar-refractivity contribution is 7.09. The van der Waals surface area contributed by atoms with Crippen molar-refractivity contribution in [2.75, 3.05) is 20.1 Å². The lowest BCUT2D eigenvalue weighted by molar-refractivity contribution is 0.0788. The molecule has 5 heteroatoms. The number of nitrogens with zero attached hydrogens (tertiary/aromatic N) is 2. The van der Waals surface area contributed by atoms with Crippen molar-refractivity contribution < 1.29 is 4.79 Å². The maximum absolute atomic E-state index is 11.9. The molecular formula is C11H19N3OS. The third kappa shape index (κ3) is 3.57. The van der Waals surface area contributed by atoms with Crippen LogP contribution in [0.5, 0.6) is 0 Å². The second kappa shape index (κ2) is 6.60. The van der Waals surface area contributed by atoms with Crippen molar-refractivity contribution in [3.8, 4) is 0 Å². The van der Waals surface area contributed by atoms with Crippen LogP contribution < -0.4 is 5.73 Å². The monoisotopic (exact) mass is 241 g/mol. The van der Waals surface area contributed by atoms with E-state index < -0.39 is 0 Å². The molecule has 1 aromatic rings. The zero-order valence-corrected chi connectivity index (χ0v) is 10.7. The van der Waals surface area contributed by atoms with Gasteiger partial charge in [0.25, 0.3) is 5.91 Å². The van der Waals surface area contributed by atoms with Gasteiger partial charge in [0.15, 0.2) is 0 Å². The van der Waals surface area contributed by atoms with Gasteiger partial charge in [-0.3, -0.25) is 4.79 Å². The minimum Gasteiger partial charge on any atom is -0.340 e. The first-order valence-electron chi connectivity index (χ1n) is 5.59. The molecule has 0 fully saturated rings. The molecule has 90 valence electrons. The highest BCUT2D eigenvalue weighted by Crippen LogP contribution is 2.12. The van der Waals surface area contributed by atoms with Crippen LogP contribution in [-0.4, -0.2) is 35.9 Å². The van der Waals surface area contributed by atoms with Crippen LogP contribution in [0.1, 0.15) is 35.3 Å². The van der Waals surface area contributed by atoms with E-state index >= 15 is 0 Å². The Bertz CT molecular complexity index is 338. The topological polar surface area (TPSA) is 59.2 Å². The van der Waals surface area contributed by atoms with Crippen molar-refractivity contribution in [3.63, 3.8) is 0 Å². The number of unbranched alkanes of at least 4 members (excludes halogenated alkanes) is 1. The van der Waals surface area contributed by atoms with Crippen LogP contribution in [0.4, 0.5) is 0 Å². The van der Waals surface area contributed by atoms with Crippen molar-refractivity contribution in [3.05, 3.63) is 16.1 Å². The number of hydrogen-bond donors (Lipinski definition) is 1. The summed E-state index contributed by atoms with van der Waals surface area (Å²) in [6.07, 6.45) is 2.87. The van der Waals surface area contributed by atoms with Crippen molar-refractivity contribution in [2.45, 2.75) is 26.2 Å². The molecule has 0 aliphatic carbocycles. The van der Waals surface area contributed by atoms with E-state index in [9.17, 15) is 4.79 Å². The van der Waals surface area contributed by atoms with E-state index in [4.69, 9.17) is 5.73 Å². The third-order valence-electron chi connectivity index (χ3n) is 2.32. The second-order valence-electron chi connectivity index (χ2n) is 3.75. The van der Waals surface area contributed by atoms with Crippen LogP contribution in [0, 0.1) is 0 Å². The molecule has 0 aliphatic heterocycles. The zero-order chi connectivity index (χ0) is 12.0. The predicted molar refractivity (Wildman–Crippen MR) is 66.7 cm³/mol. The normalized spacial score (nSPS) is 10.4. The summed E-state index contributed by atoms with van der Waals surface area (Å²) < 4.78 is 0. The van der Waals surface area contributed by atoms with E-state index in [1.807, 2.05) is 12.4 Å². The van der Waals surface area contributed by atoms with Crippen molar-refractivity contribution >= 4 is 17.2 Å². The van der Waals surface area contributed by atoms with E-state index in [0.717, 1.165) is 30.8 Å². The molecule has 1 aromatic heterocycles. The molecule has 0 aromatic carbocycles. The van der Waals surface area contributed by atoms with Gasteiger partial charge in [-0.25, -0.2) is 4.98 Å². The van der Waals surface area contributed by atoms with Gasteiger partial charge in [0.2, 0.25) is 0 Å². The summed E-state index contributed by atoms with van der Waals surface area (Å²) in [5.41, 5.74) is 5.99. The molecule has 0 saturated carbocycles. The highest BCUT2D eigenvalue weighted by Gasteiger charge is 2.14. The molecular weight excluding hydrogens is 222 g/mol. The van der Waals surface area contributed by atoms with Crippen LogP contribution in [-0.2, 0) is 6.42 Å². The molecule has 0 saturated heterocycles. The Labute approximate surface area is 100 Å². The molecule has 1 heterocycles. The van der Waals surface area contributed by atoms with E-state index in [1.54, 1.807) is 4.90 Å². The van der Waals surface area contributed by atoms with Gasteiger partial charge in [-0.2, -0.15) is 0 Å². The van der Waals surface area contributed by atoms with Gasteiger partial charge in [-0.05, 0) is 13.0 Å². The number of carbonyl (C=O) groups is 1. The van der Waals surface area contributed by atoms with Gasteiger partial charge in [0, 0.05) is 25.4 Å². The maximum atomic E-state index is 11.9. The Balaban J connectivity index is 2.57. The van der Waals surface area contributed by atoms with Crippen LogP contribution in [0.3, 0.4) is 0 Å². The first-order chi connectivity index (χ1) is 7.69. The number of amides is 1. The molecule has 16 heavy (non-hydrogen) atoms. The average molecular weight is 241 g/mol. The number of rotatable bonds is 6. The van der Waals surface area contributed by atoms with Gasteiger partial charge in [-0.15, -0.1) is 11.3 Å². The molecule has 0 radical (unpaired) electrons. The summed E-state index contributed by atoms with van der Waals surface area (Å²) in [4.78, 5) is 17.9. The number of thiazole rings is 1. The Morgan fingerprint density at radius 1 is 1.62 bits per heavy atom. The van der Waals surface area contributed by atoms with Crippen LogP contribution in [0.15, 0.2) is 5.38 Å². The second-order valence-corrected chi connectivity index (χ2v) is 4.69. The van der Waals surface area contributed by atoms with E-state index in [-0.39, 0.29) is 5.91 Å². The Morgan fingerprint density at radius 2 is 2.38 bits per heavy atom. The molecule has 0 aliphatic rings. The first kappa shape index (κ1) is 13.1. The summed E-state index contributed by atoms with van der Waals surface area (Å²) in [5, 5.41) is 2.75. The summed E-state index contributed by atoms with van der Waals surface area (Å²) >= 11 is 1.51. The average Bonchev–Trinajstić information content (AvgIpc) is 2.74. The number of hydrogen-bond acceptors (Lipinski definition) is 4. The first-order valence-corrected chi connectivity index (χ1v) is 6.47. The van der Waals surface area contributed by atoms with E-state index in [1.165, 1.54) is 11.3 Å². The minimum atomic E-state index is 0.00738.